The van der Waals surface area contributed by atoms with Crippen molar-refractivity contribution in [2.75, 3.05) is 0 Å². The zero-order valence-electron chi connectivity index (χ0n) is 13.5. The third-order valence-corrected chi connectivity index (χ3v) is 4.71. The maximum Gasteiger partial charge on any atom is 0.411 e. The van der Waals surface area contributed by atoms with Gasteiger partial charge in [0, 0.05) is 12.1 Å². The highest BCUT2D eigenvalue weighted by molar-refractivity contribution is 5.80. The molecule has 0 bridgehead atoms. The van der Waals surface area contributed by atoms with E-state index in [1.54, 1.807) is 13.8 Å². The number of fused-ring (bicyclic) bond motifs is 3. The molecule has 0 amide bonds. The lowest BCUT2D eigenvalue weighted by Gasteiger charge is -2.34. The van der Waals surface area contributed by atoms with Crippen LogP contribution in [0.4, 0.5) is 26.3 Å². The minimum absolute atomic E-state index is 0.0300. The zero-order valence-corrected chi connectivity index (χ0v) is 13.5. The van der Waals surface area contributed by atoms with Crippen LogP contribution in [0.3, 0.4) is 0 Å². The average Bonchev–Trinajstić information content (AvgIpc) is 2.83. The molecule has 2 aromatic heterocycles. The Balaban J connectivity index is 2.49. The first kappa shape index (κ1) is 17.7. The van der Waals surface area contributed by atoms with Crippen molar-refractivity contribution < 1.29 is 35.5 Å². The normalized spacial score (nSPS) is 15.8. The van der Waals surface area contributed by atoms with Crippen LogP contribution in [0.25, 0.3) is 11.1 Å². The van der Waals surface area contributed by atoms with E-state index in [9.17, 15) is 26.3 Å². The molecule has 134 valence electrons. The molecule has 8 heteroatoms. The Bertz CT molecular complexity index is 753. The molecule has 0 spiro atoms. The van der Waals surface area contributed by atoms with Gasteiger partial charge in [-0.3, -0.25) is 0 Å². The second kappa shape index (κ2) is 5.44. The topological polar surface area (TPSA) is 7.76 Å². The van der Waals surface area contributed by atoms with Crippen molar-refractivity contribution in [3.8, 4) is 11.1 Å². The summed E-state index contributed by atoms with van der Waals surface area (Å²) in [4.78, 5) is 0. The number of aryl methyl sites for hydroxylation is 2. The van der Waals surface area contributed by atoms with Crippen LogP contribution in [-0.2, 0) is 18.5 Å². The number of halogens is 6. The highest BCUT2D eigenvalue weighted by Crippen LogP contribution is 2.62. The summed E-state index contributed by atoms with van der Waals surface area (Å²) in [7, 11) is 0. The van der Waals surface area contributed by atoms with Gasteiger partial charge in [0.05, 0.1) is 11.1 Å². The minimum atomic E-state index is -5.52. The van der Waals surface area contributed by atoms with E-state index in [2.05, 4.69) is 0 Å². The van der Waals surface area contributed by atoms with E-state index in [0.717, 1.165) is 12.4 Å². The van der Waals surface area contributed by atoms with Crippen LogP contribution in [-0.4, -0.2) is 12.4 Å². The summed E-state index contributed by atoms with van der Waals surface area (Å²) in [5.74, 6) is 0. The molecule has 2 nitrogen and oxygen atoms in total. The maximum absolute atomic E-state index is 14.0. The summed E-state index contributed by atoms with van der Waals surface area (Å²) in [5.41, 5.74) is -5.61. The molecule has 0 unspecified atom stereocenters. The van der Waals surface area contributed by atoms with Crippen LogP contribution >= 0.6 is 0 Å². The van der Waals surface area contributed by atoms with Crippen LogP contribution in [0, 0.1) is 0 Å². The van der Waals surface area contributed by atoms with E-state index in [1.165, 1.54) is 33.7 Å². The van der Waals surface area contributed by atoms with Crippen molar-refractivity contribution in [3.63, 3.8) is 0 Å². The second-order valence-electron chi connectivity index (χ2n) is 5.95. The predicted molar refractivity (Wildman–Crippen MR) is 76.5 cm³/mol. The van der Waals surface area contributed by atoms with Crippen molar-refractivity contribution >= 4 is 0 Å². The third kappa shape index (κ3) is 2.26. The van der Waals surface area contributed by atoms with Gasteiger partial charge in [0.1, 0.15) is 13.1 Å². The Morgan fingerprint density at radius 1 is 0.760 bits per heavy atom. The quantitative estimate of drug-likeness (QED) is 0.569. The lowest BCUT2D eigenvalue weighted by atomic mass is 9.77. The average molecular weight is 362 g/mol. The molecule has 2 aromatic rings. The number of alkyl halides is 6. The molecular weight excluding hydrogens is 346 g/mol. The number of hydrogen-bond acceptors (Lipinski definition) is 0. The molecule has 2 heterocycles. The standard InChI is InChI=1S/C17H16F6N2/c1-3-24-7-5-11-12-6-8-25(4-2)10-14(12)15(13(11)9-24,16(18,19)20)17(21,22)23/h5-10H,3-4H2,1-2H3/q+2. The molecular formula is C17H16F6N2+2. The highest BCUT2D eigenvalue weighted by Gasteiger charge is 2.77. The second-order valence-corrected chi connectivity index (χ2v) is 5.95. The van der Waals surface area contributed by atoms with E-state index in [0.29, 0.717) is 0 Å². The predicted octanol–water partition coefficient (Wildman–Crippen LogP) is 3.69. The van der Waals surface area contributed by atoms with Gasteiger partial charge in [-0.2, -0.15) is 26.3 Å². The summed E-state index contributed by atoms with van der Waals surface area (Å²) < 4.78 is 86.7. The van der Waals surface area contributed by atoms with Crippen molar-refractivity contribution in [1.29, 1.82) is 0 Å². The van der Waals surface area contributed by atoms with Crippen molar-refractivity contribution in [3.05, 3.63) is 48.0 Å². The molecule has 0 saturated heterocycles. The SMILES string of the molecule is CC[n+]1ccc2c(c1)C(C(F)(F)F)(C(F)(F)F)c1c[n+](CC)ccc1-2. The third-order valence-electron chi connectivity index (χ3n) is 4.71. The van der Waals surface area contributed by atoms with Crippen LogP contribution in [0.1, 0.15) is 25.0 Å². The lowest BCUT2D eigenvalue weighted by molar-refractivity contribution is -0.694. The lowest BCUT2D eigenvalue weighted by Crippen LogP contribution is -2.55. The molecule has 0 radical (unpaired) electrons. The minimum Gasteiger partial charge on any atom is -0.205 e. The van der Waals surface area contributed by atoms with E-state index < -0.39 is 28.9 Å². The number of aromatic nitrogens is 2. The van der Waals surface area contributed by atoms with Gasteiger partial charge >= 0.3 is 12.4 Å². The first-order chi connectivity index (χ1) is 11.6. The molecule has 3 rings (SSSR count). The fraction of sp³-hybridized carbons (Fsp3) is 0.412. The molecule has 0 aromatic carbocycles. The van der Waals surface area contributed by atoms with Crippen LogP contribution in [0.15, 0.2) is 36.9 Å². The summed E-state index contributed by atoms with van der Waals surface area (Å²) >= 11 is 0. The molecule has 0 fully saturated rings. The van der Waals surface area contributed by atoms with Crippen LogP contribution in [0.2, 0.25) is 0 Å². The van der Waals surface area contributed by atoms with Crippen molar-refractivity contribution in [2.45, 2.75) is 44.7 Å². The molecule has 0 atom stereocenters. The Kier molecular flexibility index (Phi) is 3.85. The van der Waals surface area contributed by atoms with Gasteiger partial charge in [-0.15, -0.1) is 0 Å². The molecule has 0 saturated carbocycles. The van der Waals surface area contributed by atoms with Crippen LogP contribution < -0.4 is 9.13 Å². The fourth-order valence-corrected chi connectivity index (χ4v) is 3.45. The Labute approximate surface area is 140 Å². The summed E-state index contributed by atoms with van der Waals surface area (Å²) in [6.07, 6.45) is -6.13. The number of hydrogen-bond donors (Lipinski definition) is 0. The van der Waals surface area contributed by atoms with Gasteiger partial charge in [-0.05, 0) is 25.0 Å². The van der Waals surface area contributed by atoms with Gasteiger partial charge in [-0.25, -0.2) is 9.13 Å². The first-order valence-electron chi connectivity index (χ1n) is 7.78. The Morgan fingerprint density at radius 3 is 1.40 bits per heavy atom. The van der Waals surface area contributed by atoms with Gasteiger partial charge in [0.15, 0.2) is 24.8 Å². The maximum atomic E-state index is 14.0. The fourth-order valence-electron chi connectivity index (χ4n) is 3.45. The molecule has 0 aliphatic heterocycles. The van der Waals surface area contributed by atoms with Gasteiger partial charge in [0.25, 0.3) is 0 Å². The summed E-state index contributed by atoms with van der Waals surface area (Å²) in [5, 5.41) is 0. The molecule has 1 aliphatic carbocycles. The van der Waals surface area contributed by atoms with Gasteiger partial charge < -0.3 is 0 Å². The van der Waals surface area contributed by atoms with E-state index in [1.807, 2.05) is 0 Å². The number of pyridine rings is 2. The van der Waals surface area contributed by atoms with Crippen LogP contribution in [0.5, 0.6) is 0 Å². The smallest absolute Gasteiger partial charge is 0.205 e. The van der Waals surface area contributed by atoms with Gasteiger partial charge in [0.2, 0.25) is 5.41 Å². The highest BCUT2D eigenvalue weighted by atomic mass is 19.4. The van der Waals surface area contributed by atoms with E-state index >= 15 is 0 Å². The van der Waals surface area contributed by atoms with E-state index in [-0.39, 0.29) is 24.2 Å². The Hall–Kier alpha value is -2.12. The number of nitrogens with zero attached hydrogens (tertiary/aromatic N) is 2. The molecule has 1 aliphatic rings. The summed E-state index contributed by atoms with van der Waals surface area (Å²) in [6.45, 7) is 3.85. The van der Waals surface area contributed by atoms with E-state index in [4.69, 9.17) is 0 Å². The zero-order chi connectivity index (χ0) is 18.6. The molecule has 0 N–H and O–H groups in total. The largest absolute Gasteiger partial charge is 0.411 e. The molecule has 25 heavy (non-hydrogen) atoms. The number of rotatable bonds is 2. The van der Waals surface area contributed by atoms with Crippen molar-refractivity contribution in [1.82, 2.24) is 0 Å². The monoisotopic (exact) mass is 362 g/mol. The van der Waals surface area contributed by atoms with Gasteiger partial charge in [-0.1, -0.05) is 0 Å². The Morgan fingerprint density at radius 2 is 1.12 bits per heavy atom. The van der Waals surface area contributed by atoms with Crippen molar-refractivity contribution in [2.24, 2.45) is 0 Å². The summed E-state index contributed by atoms with van der Waals surface area (Å²) in [6, 6.07) is 2.65. The first-order valence-corrected chi connectivity index (χ1v) is 7.78.